The van der Waals surface area contributed by atoms with Crippen LogP contribution in [0, 0.1) is 0 Å². The van der Waals surface area contributed by atoms with E-state index < -0.39 is 0 Å². The highest BCUT2D eigenvalue weighted by atomic mass is 16.5. The van der Waals surface area contributed by atoms with Gasteiger partial charge in [0, 0.05) is 19.2 Å². The third kappa shape index (κ3) is 2.34. The SMILES string of the molecule is CN1CC(c2nc(-c3ccccc3)no2)NCC1=O. The number of likely N-dealkylation sites (N-methyl/N-ethyl adjacent to an activating group) is 1. The second-order valence-corrected chi connectivity index (χ2v) is 4.53. The third-order valence-corrected chi connectivity index (χ3v) is 3.15. The van der Waals surface area contributed by atoms with Gasteiger partial charge >= 0.3 is 0 Å². The first-order chi connectivity index (χ1) is 9.24. The Morgan fingerprint density at radius 1 is 1.37 bits per heavy atom. The summed E-state index contributed by atoms with van der Waals surface area (Å²) in [5, 5.41) is 7.07. The van der Waals surface area contributed by atoms with Crippen LogP contribution in [0.4, 0.5) is 0 Å². The fraction of sp³-hybridized carbons (Fsp3) is 0.308. The lowest BCUT2D eigenvalue weighted by atomic mass is 10.2. The average Bonchev–Trinajstić information content (AvgIpc) is 2.93. The van der Waals surface area contributed by atoms with Crippen molar-refractivity contribution in [2.75, 3.05) is 20.1 Å². The molecule has 1 unspecified atom stereocenters. The fourth-order valence-electron chi connectivity index (χ4n) is 2.03. The molecular formula is C13H14N4O2. The average molecular weight is 258 g/mol. The second-order valence-electron chi connectivity index (χ2n) is 4.53. The Morgan fingerprint density at radius 3 is 2.89 bits per heavy atom. The van der Waals surface area contributed by atoms with E-state index in [1.165, 1.54) is 0 Å². The number of amides is 1. The van der Waals surface area contributed by atoms with Crippen LogP contribution in [0.5, 0.6) is 0 Å². The molecule has 1 saturated heterocycles. The van der Waals surface area contributed by atoms with Crippen LogP contribution in [0.2, 0.25) is 0 Å². The zero-order valence-corrected chi connectivity index (χ0v) is 10.5. The lowest BCUT2D eigenvalue weighted by Crippen LogP contribution is -2.47. The standard InChI is InChI=1S/C13H14N4O2/c1-17-8-10(14-7-11(17)18)13-15-12(16-19-13)9-5-3-2-4-6-9/h2-6,10,14H,7-8H2,1H3. The van der Waals surface area contributed by atoms with Crippen molar-refractivity contribution in [2.24, 2.45) is 0 Å². The molecule has 0 aliphatic carbocycles. The van der Waals surface area contributed by atoms with Gasteiger partial charge in [-0.1, -0.05) is 35.5 Å². The summed E-state index contributed by atoms with van der Waals surface area (Å²) in [6, 6.07) is 9.55. The van der Waals surface area contributed by atoms with Crippen molar-refractivity contribution < 1.29 is 9.32 Å². The molecule has 3 rings (SSSR count). The minimum Gasteiger partial charge on any atom is -0.343 e. The third-order valence-electron chi connectivity index (χ3n) is 3.15. The van der Waals surface area contributed by atoms with Gasteiger partial charge in [0.15, 0.2) is 0 Å². The predicted octanol–water partition coefficient (Wildman–Crippen LogP) is 0.839. The maximum Gasteiger partial charge on any atom is 0.245 e. The minimum absolute atomic E-state index is 0.0686. The number of nitrogens with one attached hydrogen (secondary N) is 1. The number of rotatable bonds is 2. The van der Waals surface area contributed by atoms with E-state index in [0.29, 0.717) is 24.8 Å². The number of carbonyl (C=O) groups excluding carboxylic acids is 1. The molecule has 1 aliphatic rings. The van der Waals surface area contributed by atoms with Crippen molar-refractivity contribution >= 4 is 5.91 Å². The molecule has 2 heterocycles. The van der Waals surface area contributed by atoms with Crippen LogP contribution < -0.4 is 5.32 Å². The highest BCUT2D eigenvalue weighted by Crippen LogP contribution is 2.20. The predicted molar refractivity (Wildman–Crippen MR) is 68.1 cm³/mol. The number of hydrogen-bond acceptors (Lipinski definition) is 5. The highest BCUT2D eigenvalue weighted by Gasteiger charge is 2.27. The molecule has 1 aliphatic heterocycles. The van der Waals surface area contributed by atoms with Crippen LogP contribution in [0.15, 0.2) is 34.9 Å². The summed E-state index contributed by atoms with van der Waals surface area (Å²) in [4.78, 5) is 17.4. The van der Waals surface area contributed by atoms with Gasteiger partial charge in [-0.2, -0.15) is 4.98 Å². The van der Waals surface area contributed by atoms with Crippen LogP contribution in [0.3, 0.4) is 0 Å². The van der Waals surface area contributed by atoms with Gasteiger partial charge in [-0.15, -0.1) is 0 Å². The number of carbonyl (C=O) groups is 1. The van der Waals surface area contributed by atoms with Crippen molar-refractivity contribution in [3.8, 4) is 11.4 Å². The molecule has 1 N–H and O–H groups in total. The van der Waals surface area contributed by atoms with E-state index in [-0.39, 0.29) is 11.9 Å². The summed E-state index contributed by atoms with van der Waals surface area (Å²) in [5.74, 6) is 1.15. The van der Waals surface area contributed by atoms with E-state index in [4.69, 9.17) is 4.52 Å². The molecule has 0 spiro atoms. The van der Waals surface area contributed by atoms with E-state index in [9.17, 15) is 4.79 Å². The molecule has 0 bridgehead atoms. The zero-order chi connectivity index (χ0) is 13.2. The van der Waals surface area contributed by atoms with Crippen LogP contribution in [-0.2, 0) is 4.79 Å². The van der Waals surface area contributed by atoms with Crippen LogP contribution in [0.1, 0.15) is 11.9 Å². The number of piperazine rings is 1. The normalized spacial score (nSPS) is 19.7. The summed E-state index contributed by atoms with van der Waals surface area (Å²) in [6.07, 6.45) is 0. The molecular weight excluding hydrogens is 244 g/mol. The Bertz CT molecular complexity index is 581. The maximum absolute atomic E-state index is 11.4. The summed E-state index contributed by atoms with van der Waals surface area (Å²) < 4.78 is 5.28. The van der Waals surface area contributed by atoms with Gasteiger partial charge < -0.3 is 9.42 Å². The summed E-state index contributed by atoms with van der Waals surface area (Å²) in [6.45, 7) is 0.833. The molecule has 1 atom stereocenters. The van der Waals surface area contributed by atoms with Gasteiger partial charge in [-0.05, 0) is 0 Å². The quantitative estimate of drug-likeness (QED) is 0.864. The Hall–Kier alpha value is -2.21. The summed E-state index contributed by atoms with van der Waals surface area (Å²) >= 11 is 0. The molecule has 2 aromatic rings. The van der Waals surface area contributed by atoms with Crippen molar-refractivity contribution in [3.05, 3.63) is 36.2 Å². The van der Waals surface area contributed by atoms with Crippen LogP contribution >= 0.6 is 0 Å². The Labute approximate surface area is 110 Å². The second kappa shape index (κ2) is 4.81. The van der Waals surface area contributed by atoms with Crippen molar-refractivity contribution in [2.45, 2.75) is 6.04 Å². The molecule has 1 aromatic carbocycles. The van der Waals surface area contributed by atoms with Gasteiger partial charge in [0.2, 0.25) is 17.6 Å². The van der Waals surface area contributed by atoms with Gasteiger partial charge in [0.05, 0.1) is 6.54 Å². The van der Waals surface area contributed by atoms with E-state index in [1.54, 1.807) is 11.9 Å². The monoisotopic (exact) mass is 258 g/mol. The van der Waals surface area contributed by atoms with E-state index in [0.717, 1.165) is 5.56 Å². The Morgan fingerprint density at radius 2 is 2.16 bits per heavy atom. The first kappa shape index (κ1) is 11.9. The number of aromatic nitrogens is 2. The van der Waals surface area contributed by atoms with Gasteiger partial charge in [0.1, 0.15) is 6.04 Å². The minimum atomic E-state index is -0.104. The van der Waals surface area contributed by atoms with Crippen LogP contribution in [-0.4, -0.2) is 41.1 Å². The lowest BCUT2D eigenvalue weighted by molar-refractivity contribution is -0.131. The summed E-state index contributed by atoms with van der Waals surface area (Å²) in [7, 11) is 1.77. The molecule has 98 valence electrons. The molecule has 6 heteroatoms. The zero-order valence-electron chi connectivity index (χ0n) is 10.5. The molecule has 1 amide bonds. The van der Waals surface area contributed by atoms with Gasteiger partial charge in [-0.3, -0.25) is 10.1 Å². The number of hydrogen-bond donors (Lipinski definition) is 1. The Kier molecular flexibility index (Phi) is 3.00. The highest BCUT2D eigenvalue weighted by molar-refractivity contribution is 5.78. The largest absolute Gasteiger partial charge is 0.343 e. The fourth-order valence-corrected chi connectivity index (χ4v) is 2.03. The maximum atomic E-state index is 11.4. The topological polar surface area (TPSA) is 71.3 Å². The molecule has 19 heavy (non-hydrogen) atoms. The summed E-state index contributed by atoms with van der Waals surface area (Å²) in [5.41, 5.74) is 0.915. The Balaban J connectivity index is 1.80. The van der Waals surface area contributed by atoms with Crippen LogP contribution in [0.25, 0.3) is 11.4 Å². The molecule has 1 fully saturated rings. The molecule has 0 saturated carbocycles. The molecule has 1 aromatic heterocycles. The van der Waals surface area contributed by atoms with Gasteiger partial charge in [-0.25, -0.2) is 0 Å². The first-order valence-corrected chi connectivity index (χ1v) is 6.10. The van der Waals surface area contributed by atoms with Crippen molar-refractivity contribution in [1.29, 1.82) is 0 Å². The first-order valence-electron chi connectivity index (χ1n) is 6.10. The van der Waals surface area contributed by atoms with Gasteiger partial charge in [0.25, 0.3) is 0 Å². The lowest BCUT2D eigenvalue weighted by Gasteiger charge is -2.28. The molecule has 0 radical (unpaired) electrons. The van der Waals surface area contributed by atoms with E-state index >= 15 is 0 Å². The van der Waals surface area contributed by atoms with E-state index in [1.807, 2.05) is 30.3 Å². The number of benzene rings is 1. The van der Waals surface area contributed by atoms with Crippen molar-refractivity contribution in [1.82, 2.24) is 20.4 Å². The number of nitrogens with zero attached hydrogens (tertiary/aromatic N) is 3. The van der Waals surface area contributed by atoms with E-state index in [2.05, 4.69) is 15.5 Å². The smallest absolute Gasteiger partial charge is 0.245 e. The molecule has 6 nitrogen and oxygen atoms in total. The van der Waals surface area contributed by atoms with Crippen molar-refractivity contribution in [3.63, 3.8) is 0 Å².